The third kappa shape index (κ3) is 2.99. The molecule has 1 aliphatic heterocycles. The van der Waals surface area contributed by atoms with Crippen LogP contribution in [0.5, 0.6) is 0 Å². The zero-order valence-electron chi connectivity index (χ0n) is 12.6. The summed E-state index contributed by atoms with van der Waals surface area (Å²) in [6.45, 7) is 9.31. The van der Waals surface area contributed by atoms with Crippen LogP contribution in [0.1, 0.15) is 19.8 Å². The first kappa shape index (κ1) is 13.9. The van der Waals surface area contributed by atoms with E-state index in [1.54, 1.807) is 0 Å². The number of hydrogen-bond acceptors (Lipinski definition) is 3. The fraction of sp³-hybridized carbons (Fsp3) is 0.647. The summed E-state index contributed by atoms with van der Waals surface area (Å²) in [6, 6.07) is 11.7. The topological polar surface area (TPSA) is 18.5 Å². The van der Waals surface area contributed by atoms with Gasteiger partial charge in [-0.05, 0) is 44.0 Å². The lowest BCUT2D eigenvalue weighted by Crippen LogP contribution is -2.57. The Bertz CT molecular complexity index is 398. The van der Waals surface area contributed by atoms with E-state index in [1.165, 1.54) is 51.3 Å². The molecule has 1 aromatic rings. The van der Waals surface area contributed by atoms with Gasteiger partial charge in [-0.2, -0.15) is 0 Å². The van der Waals surface area contributed by atoms with Crippen molar-refractivity contribution in [3.8, 4) is 0 Å². The van der Waals surface area contributed by atoms with Gasteiger partial charge in [0.15, 0.2) is 0 Å². The average molecular weight is 273 g/mol. The van der Waals surface area contributed by atoms with Crippen LogP contribution < -0.4 is 10.2 Å². The Morgan fingerprint density at radius 2 is 1.80 bits per heavy atom. The van der Waals surface area contributed by atoms with E-state index in [0.717, 1.165) is 18.5 Å². The van der Waals surface area contributed by atoms with Crippen molar-refractivity contribution in [2.75, 3.05) is 44.2 Å². The van der Waals surface area contributed by atoms with Crippen LogP contribution >= 0.6 is 0 Å². The summed E-state index contributed by atoms with van der Waals surface area (Å²) >= 11 is 0. The molecule has 1 saturated carbocycles. The maximum atomic E-state index is 3.52. The second kappa shape index (κ2) is 6.59. The van der Waals surface area contributed by atoms with Crippen LogP contribution in [0.3, 0.4) is 0 Å². The lowest BCUT2D eigenvalue weighted by molar-refractivity contribution is 0.0575. The van der Waals surface area contributed by atoms with Crippen LogP contribution in [0, 0.1) is 5.92 Å². The van der Waals surface area contributed by atoms with Gasteiger partial charge < -0.3 is 10.2 Å². The number of benzene rings is 1. The average Bonchev–Trinajstić information content (AvgIpc) is 2.48. The Balaban J connectivity index is 1.49. The van der Waals surface area contributed by atoms with Crippen molar-refractivity contribution in [1.29, 1.82) is 0 Å². The summed E-state index contributed by atoms with van der Waals surface area (Å²) in [5.41, 5.74) is 1.38. The monoisotopic (exact) mass is 273 g/mol. The summed E-state index contributed by atoms with van der Waals surface area (Å²) in [6.07, 6.45) is 2.82. The first-order valence-electron chi connectivity index (χ1n) is 8.13. The largest absolute Gasteiger partial charge is 0.369 e. The van der Waals surface area contributed by atoms with Gasteiger partial charge in [0, 0.05) is 37.9 Å². The van der Waals surface area contributed by atoms with Gasteiger partial charge in [-0.15, -0.1) is 0 Å². The molecule has 1 saturated heterocycles. The van der Waals surface area contributed by atoms with Gasteiger partial charge in [0.05, 0.1) is 0 Å². The molecule has 3 nitrogen and oxygen atoms in total. The molecule has 1 heterocycles. The van der Waals surface area contributed by atoms with E-state index in [0.29, 0.717) is 0 Å². The van der Waals surface area contributed by atoms with Gasteiger partial charge in [0.25, 0.3) is 0 Å². The highest BCUT2D eigenvalue weighted by Crippen LogP contribution is 2.32. The molecule has 2 atom stereocenters. The SMILES string of the molecule is CCNCC1CCC1N1CCN(c2ccccc2)CC1. The summed E-state index contributed by atoms with van der Waals surface area (Å²) in [7, 11) is 0. The summed E-state index contributed by atoms with van der Waals surface area (Å²) in [4.78, 5) is 5.25. The smallest absolute Gasteiger partial charge is 0.0367 e. The highest BCUT2D eigenvalue weighted by molar-refractivity contribution is 5.46. The van der Waals surface area contributed by atoms with Gasteiger partial charge in [-0.3, -0.25) is 4.90 Å². The normalized spacial score (nSPS) is 27.4. The minimum Gasteiger partial charge on any atom is -0.369 e. The molecule has 2 unspecified atom stereocenters. The van der Waals surface area contributed by atoms with Crippen LogP contribution in [0.4, 0.5) is 5.69 Å². The Hall–Kier alpha value is -1.06. The Kier molecular flexibility index (Phi) is 4.58. The van der Waals surface area contributed by atoms with E-state index < -0.39 is 0 Å². The fourth-order valence-electron chi connectivity index (χ4n) is 3.55. The van der Waals surface area contributed by atoms with Crippen molar-refractivity contribution >= 4 is 5.69 Å². The van der Waals surface area contributed by atoms with E-state index in [2.05, 4.69) is 52.4 Å². The summed E-state index contributed by atoms with van der Waals surface area (Å²) < 4.78 is 0. The highest BCUT2D eigenvalue weighted by Gasteiger charge is 2.36. The quantitative estimate of drug-likeness (QED) is 0.887. The van der Waals surface area contributed by atoms with Crippen molar-refractivity contribution in [2.45, 2.75) is 25.8 Å². The second-order valence-corrected chi connectivity index (χ2v) is 6.07. The number of piperazine rings is 1. The van der Waals surface area contributed by atoms with Crippen molar-refractivity contribution in [2.24, 2.45) is 5.92 Å². The number of para-hydroxylation sites is 1. The number of nitrogens with one attached hydrogen (secondary N) is 1. The third-order valence-electron chi connectivity index (χ3n) is 4.94. The molecule has 20 heavy (non-hydrogen) atoms. The molecule has 0 radical (unpaired) electrons. The Morgan fingerprint density at radius 3 is 2.40 bits per heavy atom. The molecule has 0 bridgehead atoms. The van der Waals surface area contributed by atoms with E-state index in [1.807, 2.05) is 0 Å². The van der Waals surface area contributed by atoms with Crippen LogP contribution in [0.15, 0.2) is 30.3 Å². The summed E-state index contributed by atoms with van der Waals surface area (Å²) in [5, 5.41) is 3.52. The molecule has 3 rings (SSSR count). The Labute approximate surface area is 123 Å². The fourth-order valence-corrected chi connectivity index (χ4v) is 3.55. The third-order valence-corrected chi connectivity index (χ3v) is 4.94. The molecule has 110 valence electrons. The van der Waals surface area contributed by atoms with E-state index >= 15 is 0 Å². The predicted molar refractivity (Wildman–Crippen MR) is 85.3 cm³/mol. The van der Waals surface area contributed by atoms with Crippen molar-refractivity contribution in [3.63, 3.8) is 0 Å². The van der Waals surface area contributed by atoms with Crippen LogP contribution in [0.25, 0.3) is 0 Å². The van der Waals surface area contributed by atoms with E-state index in [9.17, 15) is 0 Å². The molecule has 1 aromatic carbocycles. The maximum Gasteiger partial charge on any atom is 0.0367 e. The van der Waals surface area contributed by atoms with E-state index in [-0.39, 0.29) is 0 Å². The van der Waals surface area contributed by atoms with Crippen LogP contribution in [-0.2, 0) is 0 Å². The highest BCUT2D eigenvalue weighted by atomic mass is 15.3. The first-order chi connectivity index (χ1) is 9.88. The lowest BCUT2D eigenvalue weighted by atomic mass is 9.78. The molecule has 1 aliphatic carbocycles. The molecule has 0 spiro atoms. The van der Waals surface area contributed by atoms with Crippen LogP contribution in [0.2, 0.25) is 0 Å². The Morgan fingerprint density at radius 1 is 1.05 bits per heavy atom. The predicted octanol–water partition coefficient (Wildman–Crippen LogP) is 2.20. The van der Waals surface area contributed by atoms with Crippen molar-refractivity contribution in [3.05, 3.63) is 30.3 Å². The standard InChI is InChI=1S/C17H27N3/c1-2-18-14-15-8-9-17(15)20-12-10-19(11-13-20)16-6-4-3-5-7-16/h3-7,15,17-18H,2,8-14H2,1H3. The molecule has 2 fully saturated rings. The molecular weight excluding hydrogens is 246 g/mol. The van der Waals surface area contributed by atoms with E-state index in [4.69, 9.17) is 0 Å². The molecule has 1 N–H and O–H groups in total. The number of nitrogens with zero attached hydrogens (tertiary/aromatic N) is 2. The molecule has 3 heteroatoms. The van der Waals surface area contributed by atoms with Crippen LogP contribution in [-0.4, -0.2) is 50.2 Å². The number of rotatable bonds is 5. The molecular formula is C17H27N3. The summed E-state index contributed by atoms with van der Waals surface area (Å²) in [5.74, 6) is 0.887. The zero-order valence-corrected chi connectivity index (χ0v) is 12.6. The zero-order chi connectivity index (χ0) is 13.8. The van der Waals surface area contributed by atoms with Gasteiger partial charge in [0.1, 0.15) is 0 Å². The van der Waals surface area contributed by atoms with Gasteiger partial charge in [-0.25, -0.2) is 0 Å². The molecule has 0 aromatic heterocycles. The minimum absolute atomic E-state index is 0.840. The number of anilines is 1. The molecule has 0 amide bonds. The van der Waals surface area contributed by atoms with Gasteiger partial charge in [0.2, 0.25) is 0 Å². The van der Waals surface area contributed by atoms with Crippen molar-refractivity contribution in [1.82, 2.24) is 10.2 Å². The van der Waals surface area contributed by atoms with Gasteiger partial charge >= 0.3 is 0 Å². The van der Waals surface area contributed by atoms with Gasteiger partial charge in [-0.1, -0.05) is 25.1 Å². The lowest BCUT2D eigenvalue weighted by Gasteiger charge is -2.48. The maximum absolute atomic E-state index is 3.52. The first-order valence-corrected chi connectivity index (χ1v) is 8.13. The minimum atomic E-state index is 0.840. The molecule has 2 aliphatic rings. The van der Waals surface area contributed by atoms with Crippen molar-refractivity contribution < 1.29 is 0 Å². The number of hydrogen-bond donors (Lipinski definition) is 1. The second-order valence-electron chi connectivity index (χ2n) is 6.07.